The lowest BCUT2D eigenvalue weighted by molar-refractivity contribution is 0.0689. The first-order valence-electron chi connectivity index (χ1n) is 4.70. The summed E-state index contributed by atoms with van der Waals surface area (Å²) in [6.45, 7) is 0. The molecule has 0 saturated carbocycles. The molecule has 1 aromatic heterocycles. The number of carboxylic acid groups (broad SMARTS) is 1. The third-order valence-corrected chi connectivity index (χ3v) is 3.31. The zero-order valence-electron chi connectivity index (χ0n) is 8.69. The van der Waals surface area contributed by atoms with E-state index < -0.39 is 11.8 Å². The molecule has 0 aliphatic carbocycles. The summed E-state index contributed by atoms with van der Waals surface area (Å²) in [6, 6.07) is 4.23. The van der Waals surface area contributed by atoms with Crippen LogP contribution in [0, 0.1) is 5.82 Å². The molecule has 0 atom stereocenters. The lowest BCUT2D eigenvalue weighted by atomic mass is 10.2. The molecule has 0 amide bonds. The molecule has 0 aliphatic heterocycles. The summed E-state index contributed by atoms with van der Waals surface area (Å²) >= 11 is 6.10. The Bertz CT molecular complexity index is 634. The first-order valence-corrected chi connectivity index (χ1v) is 6.29. The van der Waals surface area contributed by atoms with Gasteiger partial charge in [-0.2, -0.15) is 0 Å². The minimum atomic E-state index is -1.16. The molecule has 1 heterocycles. The number of benzene rings is 1. The molecule has 7 heteroatoms. The fraction of sp³-hybridized carbons (Fsp3) is 0. The molecule has 92 valence electrons. The maximum atomic E-state index is 13.1. The van der Waals surface area contributed by atoms with Crippen LogP contribution in [0.2, 0.25) is 0 Å². The second-order valence-corrected chi connectivity index (χ2v) is 5.03. The largest absolute Gasteiger partial charge is 0.476 e. The van der Waals surface area contributed by atoms with E-state index >= 15 is 0 Å². The molecule has 0 saturated heterocycles. The summed E-state index contributed by atoms with van der Waals surface area (Å²) in [5.74, 6) is -1.35. The van der Waals surface area contributed by atoms with Crippen LogP contribution in [0.5, 0.6) is 0 Å². The fourth-order valence-corrected chi connectivity index (χ4v) is 2.03. The Balaban J connectivity index is 2.54. The number of carboxylic acids is 1. The Labute approximate surface area is 118 Å². The van der Waals surface area contributed by atoms with Gasteiger partial charge in [-0.3, -0.25) is 0 Å². The van der Waals surface area contributed by atoms with Gasteiger partial charge in [-0.1, -0.05) is 0 Å². The fourth-order valence-electron chi connectivity index (χ4n) is 1.29. The van der Waals surface area contributed by atoms with Crippen molar-refractivity contribution in [1.29, 1.82) is 0 Å². The quantitative estimate of drug-likeness (QED) is 0.872. The van der Waals surface area contributed by atoms with Gasteiger partial charge in [0.1, 0.15) is 5.82 Å². The van der Waals surface area contributed by atoms with Crippen molar-refractivity contribution >= 4 is 37.8 Å². The standard InChI is InChI=1S/C11H5Br2FN2O2/c12-6-3-5(1-2-8(6)14)10-15-4-7(13)9(16-10)11(17)18/h1-4H,(H,17,18). The molecule has 18 heavy (non-hydrogen) atoms. The van der Waals surface area contributed by atoms with Crippen LogP contribution >= 0.6 is 31.9 Å². The van der Waals surface area contributed by atoms with Gasteiger partial charge in [0.25, 0.3) is 0 Å². The molecule has 2 aromatic rings. The molecule has 0 aliphatic rings. The number of hydrogen-bond donors (Lipinski definition) is 1. The molecule has 1 aromatic carbocycles. The first-order chi connectivity index (χ1) is 8.49. The van der Waals surface area contributed by atoms with Gasteiger partial charge in [-0.25, -0.2) is 19.2 Å². The minimum Gasteiger partial charge on any atom is -0.476 e. The molecule has 1 N–H and O–H groups in total. The predicted octanol–water partition coefficient (Wildman–Crippen LogP) is 3.51. The van der Waals surface area contributed by atoms with Crippen molar-refractivity contribution in [2.45, 2.75) is 0 Å². The van der Waals surface area contributed by atoms with Crippen molar-refractivity contribution in [3.63, 3.8) is 0 Å². The van der Waals surface area contributed by atoms with E-state index in [1.165, 1.54) is 24.4 Å². The van der Waals surface area contributed by atoms with Gasteiger partial charge in [0.2, 0.25) is 0 Å². The molecule has 0 unspecified atom stereocenters. The Kier molecular flexibility index (Phi) is 3.72. The average Bonchev–Trinajstić information content (AvgIpc) is 2.33. The number of carbonyl (C=O) groups is 1. The van der Waals surface area contributed by atoms with Crippen molar-refractivity contribution in [1.82, 2.24) is 9.97 Å². The number of halogens is 3. The van der Waals surface area contributed by atoms with Crippen LogP contribution in [0.1, 0.15) is 10.5 Å². The van der Waals surface area contributed by atoms with Gasteiger partial charge in [0.15, 0.2) is 11.5 Å². The van der Waals surface area contributed by atoms with Crippen molar-refractivity contribution in [2.75, 3.05) is 0 Å². The summed E-state index contributed by atoms with van der Waals surface area (Å²) in [5.41, 5.74) is 0.388. The number of nitrogens with zero attached hydrogens (tertiary/aromatic N) is 2. The zero-order chi connectivity index (χ0) is 13.3. The second kappa shape index (κ2) is 5.11. The van der Waals surface area contributed by atoms with Gasteiger partial charge in [-0.15, -0.1) is 0 Å². The highest BCUT2D eigenvalue weighted by molar-refractivity contribution is 9.10. The Hall–Kier alpha value is -1.34. The van der Waals surface area contributed by atoms with Crippen LogP contribution in [0.15, 0.2) is 33.3 Å². The Morgan fingerprint density at radius 1 is 1.28 bits per heavy atom. The van der Waals surface area contributed by atoms with Crippen molar-refractivity contribution in [2.24, 2.45) is 0 Å². The first kappa shape index (κ1) is 13.1. The number of aromatic carboxylic acids is 1. The van der Waals surface area contributed by atoms with E-state index in [2.05, 4.69) is 41.8 Å². The predicted molar refractivity (Wildman–Crippen MR) is 69.8 cm³/mol. The Morgan fingerprint density at radius 3 is 2.61 bits per heavy atom. The summed E-state index contributed by atoms with van der Waals surface area (Å²) in [5, 5.41) is 8.95. The monoisotopic (exact) mass is 374 g/mol. The van der Waals surface area contributed by atoms with Crippen molar-refractivity contribution < 1.29 is 14.3 Å². The summed E-state index contributed by atoms with van der Waals surface area (Å²) < 4.78 is 13.7. The third kappa shape index (κ3) is 2.56. The van der Waals surface area contributed by atoms with Crippen LogP contribution in [-0.4, -0.2) is 21.0 Å². The molecule has 0 bridgehead atoms. The molecule has 0 radical (unpaired) electrons. The smallest absolute Gasteiger partial charge is 0.355 e. The molecular formula is C11H5Br2FN2O2. The van der Waals surface area contributed by atoms with E-state index in [-0.39, 0.29) is 16.0 Å². The molecule has 4 nitrogen and oxygen atoms in total. The van der Waals surface area contributed by atoms with E-state index in [0.717, 1.165) is 0 Å². The highest BCUT2D eigenvalue weighted by atomic mass is 79.9. The molecule has 0 spiro atoms. The topological polar surface area (TPSA) is 63.1 Å². The maximum Gasteiger partial charge on any atom is 0.355 e. The van der Waals surface area contributed by atoms with Gasteiger partial charge in [0, 0.05) is 11.8 Å². The molecule has 2 rings (SSSR count). The van der Waals surface area contributed by atoms with Gasteiger partial charge >= 0.3 is 5.97 Å². The van der Waals surface area contributed by atoms with E-state index in [9.17, 15) is 9.18 Å². The summed E-state index contributed by atoms with van der Waals surface area (Å²) in [6.07, 6.45) is 1.35. The number of hydrogen-bond acceptors (Lipinski definition) is 3. The lowest BCUT2D eigenvalue weighted by Crippen LogP contribution is -2.04. The van der Waals surface area contributed by atoms with Crippen molar-refractivity contribution in [3.05, 3.63) is 44.9 Å². The van der Waals surface area contributed by atoms with E-state index in [0.29, 0.717) is 10.0 Å². The van der Waals surface area contributed by atoms with E-state index in [1.807, 2.05) is 0 Å². The molecular weight excluding hydrogens is 371 g/mol. The van der Waals surface area contributed by atoms with Crippen LogP contribution in [0.25, 0.3) is 11.4 Å². The summed E-state index contributed by atoms with van der Waals surface area (Å²) in [4.78, 5) is 18.8. The third-order valence-electron chi connectivity index (χ3n) is 2.12. The maximum absolute atomic E-state index is 13.1. The lowest BCUT2D eigenvalue weighted by Gasteiger charge is -2.04. The normalized spacial score (nSPS) is 10.4. The highest BCUT2D eigenvalue weighted by Crippen LogP contribution is 2.24. The number of rotatable bonds is 2. The zero-order valence-corrected chi connectivity index (χ0v) is 11.9. The minimum absolute atomic E-state index is 0.138. The van der Waals surface area contributed by atoms with Crippen LogP contribution < -0.4 is 0 Å². The van der Waals surface area contributed by atoms with Crippen molar-refractivity contribution in [3.8, 4) is 11.4 Å². The second-order valence-electron chi connectivity index (χ2n) is 3.32. The van der Waals surface area contributed by atoms with Gasteiger partial charge < -0.3 is 5.11 Å². The summed E-state index contributed by atoms with van der Waals surface area (Å²) in [7, 11) is 0. The molecule has 0 fully saturated rings. The number of aromatic nitrogens is 2. The highest BCUT2D eigenvalue weighted by Gasteiger charge is 2.13. The average molecular weight is 376 g/mol. The van der Waals surface area contributed by atoms with Gasteiger partial charge in [-0.05, 0) is 50.1 Å². The van der Waals surface area contributed by atoms with E-state index in [1.54, 1.807) is 0 Å². The van der Waals surface area contributed by atoms with Crippen LogP contribution in [0.4, 0.5) is 4.39 Å². The Morgan fingerprint density at radius 2 is 2.00 bits per heavy atom. The SMILES string of the molecule is O=C(O)c1nc(-c2ccc(F)c(Br)c2)ncc1Br. The van der Waals surface area contributed by atoms with Crippen LogP contribution in [0.3, 0.4) is 0 Å². The van der Waals surface area contributed by atoms with E-state index in [4.69, 9.17) is 5.11 Å². The van der Waals surface area contributed by atoms with Gasteiger partial charge in [0.05, 0.1) is 8.95 Å². The van der Waals surface area contributed by atoms with Crippen LogP contribution in [-0.2, 0) is 0 Å².